The third kappa shape index (κ3) is 27.5. The summed E-state index contributed by atoms with van der Waals surface area (Å²) in [6.45, 7) is 3.29. The zero-order chi connectivity index (χ0) is 59.4. The van der Waals surface area contributed by atoms with Gasteiger partial charge in [0.1, 0.15) is 24.9 Å². The van der Waals surface area contributed by atoms with Crippen molar-refractivity contribution in [2.75, 3.05) is 125 Å². The SMILES string of the molecule is C#CCOCCOCCOCCOCCC(=O)N(CCOCCNC(=O)O[C@@H]([C@@H]1OC(C(=O)O)=C[C@H](N=C(N)N)[C@H]1NC(C)=O)[C@H](O)CO)CCOCCOCCCC(=O)O[C@@H]([C@@H]1OC(C(=O)O)=C[C@H](N=C(N)N)[C@H]1C)[C@H](O)CO. The van der Waals surface area contributed by atoms with Crippen molar-refractivity contribution in [2.45, 2.75) is 87.9 Å². The molecule has 0 aromatic carbocycles. The first-order valence-corrected chi connectivity index (χ1v) is 25.4. The summed E-state index contributed by atoms with van der Waals surface area (Å²) in [5.41, 5.74) is 22.1. The molecule has 2 aliphatic heterocycles. The number of hydrogen-bond donors (Lipinski definition) is 12. The van der Waals surface area contributed by atoms with Crippen molar-refractivity contribution in [3.8, 4) is 12.3 Å². The number of carbonyl (C=O) groups is 6. The highest BCUT2D eigenvalue weighted by atomic mass is 16.6. The van der Waals surface area contributed by atoms with Crippen LogP contribution >= 0.6 is 0 Å². The molecule has 0 fully saturated rings. The van der Waals surface area contributed by atoms with E-state index in [1.807, 2.05) is 0 Å². The van der Waals surface area contributed by atoms with E-state index >= 15 is 0 Å². The Kier molecular flexibility index (Phi) is 34.5. The number of aliphatic carboxylic acids is 2. The second-order valence-electron chi connectivity index (χ2n) is 17.4. The molecular formula is C48H79N9O23. The minimum absolute atomic E-state index is 0.00413. The molecule has 0 bridgehead atoms. The molecule has 3 amide bonds. The van der Waals surface area contributed by atoms with E-state index < -0.39 is 121 Å². The van der Waals surface area contributed by atoms with Crippen molar-refractivity contribution in [3.05, 3.63) is 23.7 Å². The van der Waals surface area contributed by atoms with Gasteiger partial charge in [0.15, 0.2) is 30.2 Å². The number of ether oxygens (including phenoxy) is 11. The number of hydrogen-bond acceptors (Lipinski definition) is 23. The lowest BCUT2D eigenvalue weighted by Crippen LogP contribution is -2.61. The number of nitrogens with two attached hydrogens (primary N) is 4. The summed E-state index contributed by atoms with van der Waals surface area (Å²) in [5, 5.41) is 64.9. The van der Waals surface area contributed by atoms with Gasteiger partial charge in [-0.25, -0.2) is 24.4 Å². The van der Waals surface area contributed by atoms with E-state index in [2.05, 4.69) is 26.5 Å². The molecule has 0 saturated heterocycles. The number of esters is 1. The highest BCUT2D eigenvalue weighted by Gasteiger charge is 2.47. The third-order valence-corrected chi connectivity index (χ3v) is 11.3. The summed E-state index contributed by atoms with van der Waals surface area (Å²) < 4.78 is 60.4. The molecule has 0 aliphatic carbocycles. The fourth-order valence-electron chi connectivity index (χ4n) is 7.51. The van der Waals surface area contributed by atoms with E-state index in [0.717, 1.165) is 13.0 Å². The van der Waals surface area contributed by atoms with Gasteiger partial charge in [-0.3, -0.25) is 14.4 Å². The number of rotatable bonds is 42. The Hall–Kier alpha value is -6.64. The molecule has 454 valence electrons. The first kappa shape index (κ1) is 69.5. The van der Waals surface area contributed by atoms with Crippen LogP contribution in [0.1, 0.15) is 33.1 Å². The summed E-state index contributed by atoms with van der Waals surface area (Å²) in [5.74, 6) is -5.13. The molecule has 0 aromatic rings. The van der Waals surface area contributed by atoms with E-state index in [4.69, 9.17) is 81.5 Å². The Labute approximate surface area is 461 Å². The van der Waals surface area contributed by atoms with Crippen LogP contribution in [-0.4, -0.2) is 263 Å². The number of aliphatic imine (C=N–C) groups is 2. The van der Waals surface area contributed by atoms with Gasteiger partial charge in [0.2, 0.25) is 23.3 Å². The molecular weight excluding hydrogens is 1070 g/mol. The molecule has 32 heteroatoms. The number of nitrogens with zero attached hydrogens (tertiary/aromatic N) is 3. The number of carboxylic acid groups (broad SMARTS) is 2. The van der Waals surface area contributed by atoms with Crippen LogP contribution in [0.3, 0.4) is 0 Å². The van der Waals surface area contributed by atoms with Gasteiger partial charge in [0.05, 0.1) is 117 Å². The normalized spacial score (nSPS) is 20.1. The van der Waals surface area contributed by atoms with Gasteiger partial charge in [-0.2, -0.15) is 0 Å². The highest BCUT2D eigenvalue weighted by Crippen LogP contribution is 2.31. The van der Waals surface area contributed by atoms with Crippen LogP contribution in [0, 0.1) is 18.3 Å². The number of nitrogens with one attached hydrogen (secondary N) is 2. The van der Waals surface area contributed by atoms with Crippen LogP contribution in [0.25, 0.3) is 0 Å². The van der Waals surface area contributed by atoms with Crippen LogP contribution in [0.15, 0.2) is 33.7 Å². The first-order valence-electron chi connectivity index (χ1n) is 25.4. The number of amides is 3. The van der Waals surface area contributed by atoms with Crippen LogP contribution in [0.4, 0.5) is 4.79 Å². The van der Waals surface area contributed by atoms with Crippen molar-refractivity contribution >= 4 is 47.7 Å². The number of guanidine groups is 2. The van der Waals surface area contributed by atoms with Gasteiger partial charge in [-0.05, 0) is 18.6 Å². The average Bonchev–Trinajstić information content (AvgIpc) is 3.40. The zero-order valence-electron chi connectivity index (χ0n) is 44.8. The number of carbonyl (C=O) groups excluding carboxylic acids is 4. The van der Waals surface area contributed by atoms with E-state index in [9.17, 15) is 59.4 Å². The largest absolute Gasteiger partial charge is 0.479 e. The minimum atomic E-state index is -1.84. The summed E-state index contributed by atoms with van der Waals surface area (Å²) in [6.07, 6.45) is -3.47. The molecule has 2 rings (SSSR count). The molecule has 0 saturated carbocycles. The number of carboxylic acids is 2. The Balaban J connectivity index is 1.92. The van der Waals surface area contributed by atoms with Crippen LogP contribution in [0.2, 0.25) is 0 Å². The smallest absolute Gasteiger partial charge is 0.407 e. The lowest BCUT2D eigenvalue weighted by atomic mass is 9.87. The van der Waals surface area contributed by atoms with Gasteiger partial charge in [-0.1, -0.05) is 12.8 Å². The van der Waals surface area contributed by atoms with E-state index in [1.165, 1.54) is 11.0 Å². The molecule has 80 heavy (non-hydrogen) atoms. The van der Waals surface area contributed by atoms with Crippen molar-refractivity contribution < 1.29 is 112 Å². The van der Waals surface area contributed by atoms with E-state index in [-0.39, 0.29) is 117 Å². The molecule has 16 N–H and O–H groups in total. The Morgan fingerprint density at radius 1 is 0.675 bits per heavy atom. The summed E-state index contributed by atoms with van der Waals surface area (Å²) >= 11 is 0. The summed E-state index contributed by atoms with van der Waals surface area (Å²) in [7, 11) is 0. The molecule has 2 heterocycles. The maximum atomic E-state index is 13.3. The lowest BCUT2D eigenvalue weighted by Gasteiger charge is -2.39. The minimum Gasteiger partial charge on any atom is -0.479 e. The second-order valence-corrected chi connectivity index (χ2v) is 17.4. The van der Waals surface area contributed by atoms with Crippen molar-refractivity contribution in [3.63, 3.8) is 0 Å². The molecule has 0 unspecified atom stereocenters. The topological polar surface area (TPSA) is 481 Å². The molecule has 32 nitrogen and oxygen atoms in total. The highest BCUT2D eigenvalue weighted by molar-refractivity contribution is 5.86. The number of alkyl carbamates (subject to hydrolysis) is 1. The predicted octanol–water partition coefficient (Wildman–Crippen LogP) is -5.39. The Bertz CT molecular complexity index is 2070. The summed E-state index contributed by atoms with van der Waals surface area (Å²) in [4.78, 5) is 84.4. The first-order chi connectivity index (χ1) is 38.2. The fourth-order valence-corrected chi connectivity index (χ4v) is 7.51. The summed E-state index contributed by atoms with van der Waals surface area (Å²) in [6, 6.07) is -3.44. The van der Waals surface area contributed by atoms with Gasteiger partial charge in [0.25, 0.3) is 0 Å². The Morgan fingerprint density at radius 2 is 1.15 bits per heavy atom. The molecule has 0 radical (unpaired) electrons. The molecule has 0 spiro atoms. The van der Waals surface area contributed by atoms with Gasteiger partial charge >= 0.3 is 24.0 Å². The van der Waals surface area contributed by atoms with Gasteiger partial charge < -0.3 is 121 Å². The molecule has 2 aliphatic rings. The van der Waals surface area contributed by atoms with Gasteiger partial charge in [-0.15, -0.1) is 6.42 Å². The number of terminal acetylenes is 1. The van der Waals surface area contributed by atoms with Crippen LogP contribution in [-0.2, 0) is 76.1 Å². The average molecular weight is 1150 g/mol. The predicted molar refractivity (Wildman–Crippen MR) is 276 cm³/mol. The number of aliphatic hydroxyl groups is 4. The maximum Gasteiger partial charge on any atom is 0.407 e. The van der Waals surface area contributed by atoms with Gasteiger partial charge in [0, 0.05) is 45.5 Å². The standard InChI is InChI=1S/C48H79N9O23/c1-4-11-70-17-21-75-23-24-76-22-19-72-13-7-37(63)57(9-15-73-14-8-53-48(69)80-42(34(62)28-59)43-39(54-30(3)60)32(56-47(51)52)26-36(78-43)45(67)68)10-16-74-20-18-71-12-5-6-38(64)79-41(33(61)27-58)40-29(2)31(55-46(49)50)25-35(77-40)44(65)66/h1,25-26,29,31-34,39-43,58-59,61-62H,5-24,27-28H2,2-3H3,(H,53,69)(H,54,60)(H,65,66)(H,67,68)(H4,49,50,55)(H4,51,52,56)/t29-,31+,32+,33-,34-,39-,40-,41-,42-,43-/m1/s1. The quantitative estimate of drug-likeness (QED) is 0.00892. The van der Waals surface area contributed by atoms with Crippen molar-refractivity contribution in [1.29, 1.82) is 0 Å². The molecule has 0 aromatic heterocycles. The number of aliphatic hydroxyl groups excluding tert-OH is 4. The fraction of sp³-hybridized carbons (Fsp3) is 0.708. The third-order valence-electron chi connectivity index (χ3n) is 11.3. The van der Waals surface area contributed by atoms with Crippen LogP contribution in [0.5, 0.6) is 0 Å². The molecule has 10 atom stereocenters. The van der Waals surface area contributed by atoms with Crippen LogP contribution < -0.4 is 33.6 Å². The second kappa shape index (κ2) is 39.7. The Morgan fingerprint density at radius 3 is 1.68 bits per heavy atom. The van der Waals surface area contributed by atoms with E-state index in [1.54, 1.807) is 6.92 Å². The zero-order valence-corrected chi connectivity index (χ0v) is 44.8. The van der Waals surface area contributed by atoms with Crippen molar-refractivity contribution in [1.82, 2.24) is 15.5 Å². The monoisotopic (exact) mass is 1150 g/mol. The van der Waals surface area contributed by atoms with Crippen molar-refractivity contribution in [2.24, 2.45) is 38.8 Å². The van der Waals surface area contributed by atoms with E-state index in [0.29, 0.717) is 26.4 Å². The lowest BCUT2D eigenvalue weighted by molar-refractivity contribution is -0.176. The maximum absolute atomic E-state index is 13.3.